The number of ether oxygens (including phenoxy) is 1. The molecule has 0 aromatic heterocycles. The Hall–Kier alpha value is -0.450. The summed E-state index contributed by atoms with van der Waals surface area (Å²) in [5, 5.41) is 9.80. The molecule has 3 N–H and O–H groups in total. The van der Waals surface area contributed by atoms with E-state index in [1.807, 2.05) is 19.1 Å². The number of hydrogen-bond acceptors (Lipinski definition) is 3. The molecule has 0 bridgehead atoms. The van der Waals surface area contributed by atoms with Crippen LogP contribution < -0.4 is 10.5 Å². The second-order valence-corrected chi connectivity index (χ2v) is 5.37. The number of benzene rings is 1. The van der Waals surface area contributed by atoms with Crippen LogP contribution in [0.2, 0.25) is 0 Å². The van der Waals surface area contributed by atoms with Gasteiger partial charge >= 0.3 is 0 Å². The van der Waals surface area contributed by atoms with E-state index in [9.17, 15) is 5.11 Å². The lowest BCUT2D eigenvalue weighted by atomic mass is 9.97. The summed E-state index contributed by atoms with van der Waals surface area (Å²) in [6.45, 7) is 6.68. The summed E-state index contributed by atoms with van der Waals surface area (Å²) in [6.07, 6.45) is 0.906. The number of aromatic hydroxyl groups is 1. The van der Waals surface area contributed by atoms with E-state index in [1.165, 1.54) is 0 Å². The molecule has 0 radical (unpaired) electrons. The molecule has 1 aromatic carbocycles. The lowest BCUT2D eigenvalue weighted by Crippen LogP contribution is -2.13. The van der Waals surface area contributed by atoms with Crippen molar-refractivity contribution < 1.29 is 9.84 Å². The van der Waals surface area contributed by atoms with E-state index in [0.717, 1.165) is 12.0 Å². The largest absolute Gasteiger partial charge is 0.503 e. The molecule has 0 spiro atoms. The SMILES string of the molecule is CCOc1cc([C@@H](N)CC(C)C)cc(Br)c1O.Cl. The predicted octanol–water partition coefficient (Wildman–Crippen LogP) is 4.02. The second-order valence-electron chi connectivity index (χ2n) is 4.52. The highest BCUT2D eigenvalue weighted by atomic mass is 79.9. The number of halogens is 2. The van der Waals surface area contributed by atoms with Crippen LogP contribution in [-0.2, 0) is 0 Å². The van der Waals surface area contributed by atoms with Crippen molar-refractivity contribution in [2.24, 2.45) is 11.7 Å². The van der Waals surface area contributed by atoms with Crippen LogP contribution in [0, 0.1) is 5.92 Å². The molecule has 104 valence electrons. The maximum absolute atomic E-state index is 9.80. The van der Waals surface area contributed by atoms with Crippen molar-refractivity contribution >= 4 is 28.3 Å². The molecule has 1 aromatic rings. The summed E-state index contributed by atoms with van der Waals surface area (Å²) in [5.74, 6) is 1.15. The highest BCUT2D eigenvalue weighted by Crippen LogP contribution is 2.37. The van der Waals surface area contributed by atoms with Gasteiger partial charge in [-0.05, 0) is 52.9 Å². The van der Waals surface area contributed by atoms with E-state index in [-0.39, 0.29) is 24.2 Å². The molecule has 18 heavy (non-hydrogen) atoms. The summed E-state index contributed by atoms with van der Waals surface area (Å²) < 4.78 is 6.00. The van der Waals surface area contributed by atoms with Gasteiger partial charge in [0.25, 0.3) is 0 Å². The molecule has 5 heteroatoms. The van der Waals surface area contributed by atoms with Gasteiger partial charge in [-0.1, -0.05) is 13.8 Å². The minimum absolute atomic E-state index is 0. The van der Waals surface area contributed by atoms with Crippen LogP contribution >= 0.6 is 28.3 Å². The lowest BCUT2D eigenvalue weighted by Gasteiger charge is -2.17. The van der Waals surface area contributed by atoms with Crippen LogP contribution in [0.25, 0.3) is 0 Å². The summed E-state index contributed by atoms with van der Waals surface area (Å²) in [5.41, 5.74) is 7.10. The highest BCUT2D eigenvalue weighted by molar-refractivity contribution is 9.10. The first kappa shape index (κ1) is 17.6. The molecule has 0 heterocycles. The van der Waals surface area contributed by atoms with E-state index >= 15 is 0 Å². The number of phenols is 1. The van der Waals surface area contributed by atoms with Crippen LogP contribution in [0.15, 0.2) is 16.6 Å². The first-order chi connectivity index (χ1) is 7.95. The van der Waals surface area contributed by atoms with Crippen molar-refractivity contribution in [1.29, 1.82) is 0 Å². The third-order valence-electron chi connectivity index (χ3n) is 2.50. The molecule has 0 aliphatic rings. The second kappa shape index (κ2) is 7.87. The summed E-state index contributed by atoms with van der Waals surface area (Å²) in [6, 6.07) is 3.63. The quantitative estimate of drug-likeness (QED) is 0.852. The third-order valence-corrected chi connectivity index (χ3v) is 3.11. The number of nitrogens with two attached hydrogens (primary N) is 1. The average molecular weight is 339 g/mol. The zero-order chi connectivity index (χ0) is 13.0. The van der Waals surface area contributed by atoms with E-state index in [4.69, 9.17) is 10.5 Å². The zero-order valence-corrected chi connectivity index (χ0v) is 13.3. The third kappa shape index (κ3) is 4.67. The Balaban J connectivity index is 0.00000289. The van der Waals surface area contributed by atoms with Gasteiger partial charge in [-0.3, -0.25) is 0 Å². The van der Waals surface area contributed by atoms with Crippen LogP contribution in [0.4, 0.5) is 0 Å². The molecular weight excluding hydrogens is 318 g/mol. The molecule has 1 rings (SSSR count). The number of rotatable bonds is 5. The molecular formula is C13H21BrClNO2. The Morgan fingerprint density at radius 2 is 2.00 bits per heavy atom. The molecule has 1 atom stereocenters. The van der Waals surface area contributed by atoms with Crippen molar-refractivity contribution in [2.45, 2.75) is 33.2 Å². The van der Waals surface area contributed by atoms with Crippen LogP contribution in [0.5, 0.6) is 11.5 Å². The van der Waals surface area contributed by atoms with Crippen molar-refractivity contribution in [3.05, 3.63) is 22.2 Å². The topological polar surface area (TPSA) is 55.5 Å². The van der Waals surface area contributed by atoms with Gasteiger partial charge in [-0.25, -0.2) is 0 Å². The van der Waals surface area contributed by atoms with Gasteiger partial charge in [0.1, 0.15) is 0 Å². The van der Waals surface area contributed by atoms with Gasteiger partial charge in [0, 0.05) is 6.04 Å². The Bertz CT molecular complexity index is 385. The van der Waals surface area contributed by atoms with Crippen molar-refractivity contribution in [1.82, 2.24) is 0 Å². The summed E-state index contributed by atoms with van der Waals surface area (Å²) in [4.78, 5) is 0. The molecule has 0 amide bonds. The fraction of sp³-hybridized carbons (Fsp3) is 0.538. The first-order valence-electron chi connectivity index (χ1n) is 5.86. The minimum Gasteiger partial charge on any atom is -0.503 e. The minimum atomic E-state index is -0.0360. The normalized spacial score (nSPS) is 12.1. The molecule has 0 fully saturated rings. The maximum atomic E-state index is 9.80. The van der Waals surface area contributed by atoms with E-state index in [2.05, 4.69) is 29.8 Å². The van der Waals surface area contributed by atoms with Gasteiger partial charge < -0.3 is 15.6 Å². The number of phenolic OH excluding ortho intramolecular Hbond substituents is 1. The van der Waals surface area contributed by atoms with E-state index < -0.39 is 0 Å². The van der Waals surface area contributed by atoms with E-state index in [1.54, 1.807) is 0 Å². The van der Waals surface area contributed by atoms with Gasteiger partial charge in [0.15, 0.2) is 11.5 Å². The van der Waals surface area contributed by atoms with Crippen LogP contribution in [0.1, 0.15) is 38.8 Å². The Morgan fingerprint density at radius 1 is 1.39 bits per heavy atom. The summed E-state index contributed by atoms with van der Waals surface area (Å²) >= 11 is 3.32. The lowest BCUT2D eigenvalue weighted by molar-refractivity contribution is 0.316. The Morgan fingerprint density at radius 3 is 2.50 bits per heavy atom. The fourth-order valence-electron chi connectivity index (χ4n) is 1.72. The molecule has 0 aliphatic carbocycles. The van der Waals surface area contributed by atoms with Gasteiger partial charge in [-0.15, -0.1) is 12.4 Å². The zero-order valence-electron chi connectivity index (χ0n) is 10.9. The molecule has 0 unspecified atom stereocenters. The van der Waals surface area contributed by atoms with Gasteiger partial charge in [-0.2, -0.15) is 0 Å². The molecule has 0 aliphatic heterocycles. The Kier molecular flexibility index (Phi) is 7.67. The predicted molar refractivity (Wildman–Crippen MR) is 80.6 cm³/mol. The van der Waals surface area contributed by atoms with Crippen molar-refractivity contribution in [3.63, 3.8) is 0 Å². The fourth-order valence-corrected chi connectivity index (χ4v) is 2.18. The average Bonchev–Trinajstić information content (AvgIpc) is 2.23. The molecule has 0 saturated heterocycles. The summed E-state index contributed by atoms with van der Waals surface area (Å²) in [7, 11) is 0. The van der Waals surface area contributed by atoms with Crippen LogP contribution in [0.3, 0.4) is 0 Å². The molecule has 0 saturated carbocycles. The van der Waals surface area contributed by atoms with Gasteiger partial charge in [0.05, 0.1) is 11.1 Å². The van der Waals surface area contributed by atoms with Crippen molar-refractivity contribution in [3.8, 4) is 11.5 Å². The monoisotopic (exact) mass is 337 g/mol. The Labute approximate surface area is 123 Å². The number of hydrogen-bond donors (Lipinski definition) is 2. The van der Waals surface area contributed by atoms with Gasteiger partial charge in [0.2, 0.25) is 0 Å². The standard InChI is InChI=1S/C13H20BrNO2.ClH/c1-4-17-12-7-9(6-10(14)13(12)16)11(15)5-8(2)3;/h6-8,11,16H,4-5,15H2,1-3H3;1H/t11-;/m0./s1. The van der Waals surface area contributed by atoms with Crippen LogP contribution in [-0.4, -0.2) is 11.7 Å². The highest BCUT2D eigenvalue weighted by Gasteiger charge is 2.14. The first-order valence-corrected chi connectivity index (χ1v) is 6.65. The molecule has 3 nitrogen and oxygen atoms in total. The van der Waals surface area contributed by atoms with E-state index in [0.29, 0.717) is 22.7 Å². The maximum Gasteiger partial charge on any atom is 0.172 e. The smallest absolute Gasteiger partial charge is 0.172 e. The van der Waals surface area contributed by atoms with Crippen molar-refractivity contribution in [2.75, 3.05) is 6.61 Å².